The molecule has 0 aromatic carbocycles. The highest BCUT2D eigenvalue weighted by atomic mass is 16.3. The lowest BCUT2D eigenvalue weighted by molar-refractivity contribution is 0.0893. The van der Waals surface area contributed by atoms with Gasteiger partial charge in [0.1, 0.15) is 0 Å². The minimum Gasteiger partial charge on any atom is -0.396 e. The maximum absolute atomic E-state index is 10.5. The van der Waals surface area contributed by atoms with Crippen LogP contribution in [0.2, 0.25) is 0 Å². The molecule has 3 nitrogen and oxygen atoms in total. The van der Waals surface area contributed by atoms with E-state index in [9.17, 15) is 10.2 Å². The molecule has 3 aliphatic rings. The van der Waals surface area contributed by atoms with Gasteiger partial charge in [0.25, 0.3) is 0 Å². The fourth-order valence-corrected chi connectivity index (χ4v) is 7.02. The Morgan fingerprint density at radius 3 is 2.40 bits per heavy atom. The molecule has 0 aromatic rings. The highest BCUT2D eigenvalue weighted by molar-refractivity contribution is 5.30. The average Bonchev–Trinajstić information content (AvgIpc) is 3.03. The zero-order chi connectivity index (χ0) is 21.9. The zero-order valence-electron chi connectivity index (χ0n) is 19.6. The van der Waals surface area contributed by atoms with Crippen molar-refractivity contribution >= 4 is 0 Å². The van der Waals surface area contributed by atoms with E-state index in [-0.39, 0.29) is 6.61 Å². The second kappa shape index (κ2) is 10.1. The molecule has 3 aliphatic carbocycles. The van der Waals surface area contributed by atoms with Gasteiger partial charge in [-0.15, -0.1) is 0 Å². The normalized spacial score (nSPS) is 36.9. The molecule has 30 heavy (non-hydrogen) atoms. The molecule has 3 fully saturated rings. The monoisotopic (exact) mass is 416 g/mol. The lowest BCUT2D eigenvalue weighted by atomic mass is 9.60. The third-order valence-electron chi connectivity index (χ3n) is 8.29. The van der Waals surface area contributed by atoms with Crippen molar-refractivity contribution < 1.29 is 15.3 Å². The first-order chi connectivity index (χ1) is 14.3. The number of hydrogen-bond donors (Lipinski definition) is 3. The van der Waals surface area contributed by atoms with Crippen LogP contribution >= 0.6 is 0 Å². The van der Waals surface area contributed by atoms with Crippen molar-refractivity contribution in [1.82, 2.24) is 0 Å². The lowest BCUT2D eigenvalue weighted by Crippen LogP contribution is -2.36. The SMILES string of the molecule is CC(C)C[C@@H](C)C1CCC2/C(=C\C=C3C[C@@H](O)C(=CCCO)[C@H](O)C3)CCC[C@@]21C. The molecule has 2 unspecified atom stereocenters. The lowest BCUT2D eigenvalue weighted by Gasteiger charge is -2.44. The Hall–Kier alpha value is -0.900. The van der Waals surface area contributed by atoms with Gasteiger partial charge in [-0.1, -0.05) is 57.1 Å². The van der Waals surface area contributed by atoms with Crippen LogP contribution in [0.5, 0.6) is 0 Å². The van der Waals surface area contributed by atoms with Gasteiger partial charge in [-0.05, 0) is 92.4 Å². The Labute approximate surface area is 184 Å². The summed E-state index contributed by atoms with van der Waals surface area (Å²) in [5, 5.41) is 29.9. The van der Waals surface area contributed by atoms with Crippen LogP contribution in [-0.4, -0.2) is 34.1 Å². The fourth-order valence-electron chi connectivity index (χ4n) is 7.02. The predicted molar refractivity (Wildman–Crippen MR) is 124 cm³/mol. The quantitative estimate of drug-likeness (QED) is 0.497. The second-order valence-corrected chi connectivity index (χ2v) is 10.9. The number of fused-ring (bicyclic) bond motifs is 1. The van der Waals surface area contributed by atoms with E-state index >= 15 is 0 Å². The first-order valence-electron chi connectivity index (χ1n) is 12.3. The summed E-state index contributed by atoms with van der Waals surface area (Å²) in [5.41, 5.74) is 3.85. The summed E-state index contributed by atoms with van der Waals surface area (Å²) in [6.07, 6.45) is 14.6. The second-order valence-electron chi connectivity index (χ2n) is 10.9. The molecule has 6 atom stereocenters. The van der Waals surface area contributed by atoms with Crippen LogP contribution in [0.4, 0.5) is 0 Å². The number of hydrogen-bond acceptors (Lipinski definition) is 3. The molecule has 0 bridgehead atoms. The molecule has 0 saturated heterocycles. The van der Waals surface area contributed by atoms with Crippen molar-refractivity contribution in [1.29, 1.82) is 0 Å². The highest BCUT2D eigenvalue weighted by Gasteiger charge is 2.50. The highest BCUT2D eigenvalue weighted by Crippen LogP contribution is 2.60. The van der Waals surface area contributed by atoms with Gasteiger partial charge in [-0.25, -0.2) is 0 Å². The minimum atomic E-state index is -0.630. The summed E-state index contributed by atoms with van der Waals surface area (Å²) in [6.45, 7) is 9.78. The summed E-state index contributed by atoms with van der Waals surface area (Å²) in [7, 11) is 0. The third-order valence-corrected chi connectivity index (χ3v) is 8.29. The van der Waals surface area contributed by atoms with Crippen molar-refractivity contribution in [2.75, 3.05) is 6.61 Å². The smallest absolute Gasteiger partial charge is 0.0812 e. The first kappa shape index (κ1) is 23.8. The number of allylic oxidation sites excluding steroid dienone is 3. The van der Waals surface area contributed by atoms with Crippen LogP contribution in [-0.2, 0) is 0 Å². The van der Waals surface area contributed by atoms with Gasteiger partial charge in [0, 0.05) is 6.61 Å². The first-order valence-corrected chi connectivity index (χ1v) is 12.3. The number of aliphatic hydroxyl groups is 3. The van der Waals surface area contributed by atoms with Crippen molar-refractivity contribution in [2.45, 2.75) is 97.7 Å². The van der Waals surface area contributed by atoms with E-state index in [1.165, 1.54) is 38.5 Å². The molecule has 0 heterocycles. The van der Waals surface area contributed by atoms with E-state index in [1.54, 1.807) is 11.6 Å². The summed E-state index contributed by atoms with van der Waals surface area (Å²) in [4.78, 5) is 0. The van der Waals surface area contributed by atoms with Gasteiger partial charge in [0.15, 0.2) is 0 Å². The van der Waals surface area contributed by atoms with Crippen LogP contribution in [0.25, 0.3) is 0 Å². The van der Waals surface area contributed by atoms with Crippen LogP contribution < -0.4 is 0 Å². The van der Waals surface area contributed by atoms with Crippen LogP contribution in [0.1, 0.15) is 85.5 Å². The van der Waals surface area contributed by atoms with E-state index in [0.717, 1.165) is 23.3 Å². The molecular weight excluding hydrogens is 372 g/mol. The van der Waals surface area contributed by atoms with Crippen LogP contribution in [0.3, 0.4) is 0 Å². The molecule has 0 radical (unpaired) electrons. The Balaban J connectivity index is 1.72. The standard InChI is InChI=1S/C27H44O3/c1-18(2)15-19(3)23-11-12-24-21(7-5-13-27(23,24)4)10-9-20-16-25(29)22(8-6-14-28)26(30)17-20/h8-10,18-19,23-26,28-30H,5-7,11-17H2,1-4H3/b20-9?,21-10-,22-8?/t19-,23?,24?,25-,26-,27-/m1/s1. The predicted octanol–water partition coefficient (Wildman–Crippen LogP) is 5.56. The Bertz CT molecular complexity index is 658. The third kappa shape index (κ3) is 5.11. The maximum Gasteiger partial charge on any atom is 0.0812 e. The molecule has 3 rings (SSSR count). The number of rotatable bonds is 6. The molecule has 0 spiro atoms. The van der Waals surface area contributed by atoms with Crippen molar-refractivity contribution in [3.8, 4) is 0 Å². The molecule has 0 amide bonds. The molecule has 0 aromatic heterocycles. The fraction of sp³-hybridized carbons (Fsp3) is 0.778. The van der Waals surface area contributed by atoms with Gasteiger partial charge in [-0.3, -0.25) is 0 Å². The number of aliphatic hydroxyl groups excluding tert-OH is 3. The summed E-state index contributed by atoms with van der Waals surface area (Å²) >= 11 is 0. The average molecular weight is 417 g/mol. The van der Waals surface area contributed by atoms with E-state index < -0.39 is 12.2 Å². The Kier molecular flexibility index (Phi) is 8.03. The molecule has 3 saturated carbocycles. The van der Waals surface area contributed by atoms with E-state index in [1.807, 2.05) is 0 Å². The van der Waals surface area contributed by atoms with E-state index in [0.29, 0.717) is 36.2 Å². The minimum absolute atomic E-state index is 0.0503. The van der Waals surface area contributed by atoms with Crippen molar-refractivity contribution in [2.24, 2.45) is 29.1 Å². The zero-order valence-corrected chi connectivity index (χ0v) is 19.6. The molecule has 170 valence electrons. The largest absolute Gasteiger partial charge is 0.396 e. The molecule has 3 N–H and O–H groups in total. The molecule has 3 heteroatoms. The van der Waals surface area contributed by atoms with Gasteiger partial charge in [0.2, 0.25) is 0 Å². The molecular formula is C27H44O3. The summed E-state index contributed by atoms with van der Waals surface area (Å²) < 4.78 is 0. The van der Waals surface area contributed by atoms with E-state index in [2.05, 4.69) is 39.8 Å². The van der Waals surface area contributed by atoms with Crippen LogP contribution in [0.15, 0.2) is 34.9 Å². The van der Waals surface area contributed by atoms with Gasteiger partial charge in [-0.2, -0.15) is 0 Å². The van der Waals surface area contributed by atoms with Gasteiger partial charge >= 0.3 is 0 Å². The maximum atomic E-state index is 10.5. The van der Waals surface area contributed by atoms with Crippen molar-refractivity contribution in [3.05, 3.63) is 34.9 Å². The Morgan fingerprint density at radius 2 is 1.77 bits per heavy atom. The Morgan fingerprint density at radius 1 is 1.07 bits per heavy atom. The summed E-state index contributed by atoms with van der Waals surface area (Å²) in [6, 6.07) is 0. The van der Waals surface area contributed by atoms with Gasteiger partial charge < -0.3 is 15.3 Å². The van der Waals surface area contributed by atoms with Crippen LogP contribution in [0, 0.1) is 29.1 Å². The van der Waals surface area contributed by atoms with Crippen molar-refractivity contribution in [3.63, 3.8) is 0 Å². The molecule has 0 aliphatic heterocycles. The van der Waals surface area contributed by atoms with Gasteiger partial charge in [0.05, 0.1) is 12.2 Å². The topological polar surface area (TPSA) is 60.7 Å². The summed E-state index contributed by atoms with van der Waals surface area (Å²) in [5.74, 6) is 3.09. The van der Waals surface area contributed by atoms with E-state index in [4.69, 9.17) is 5.11 Å².